The molecule has 7 nitrogen and oxygen atoms in total. The van der Waals surface area contributed by atoms with Crippen LogP contribution in [-0.4, -0.2) is 34.4 Å². The molecule has 4 rings (SSSR count). The van der Waals surface area contributed by atoms with E-state index in [9.17, 15) is 9.59 Å². The number of hydrogen-bond donors (Lipinski definition) is 0. The Hall–Kier alpha value is -3.00. The van der Waals surface area contributed by atoms with Crippen LogP contribution in [0, 0.1) is 0 Å². The van der Waals surface area contributed by atoms with E-state index >= 15 is 0 Å². The highest BCUT2D eigenvalue weighted by atomic mass is 32.1. The summed E-state index contributed by atoms with van der Waals surface area (Å²) < 4.78 is 24.1. The minimum Gasteiger partial charge on any atom is -0.482 e. The normalized spacial score (nSPS) is 16.0. The Morgan fingerprint density at radius 2 is 2.19 bits per heavy atom. The summed E-state index contributed by atoms with van der Waals surface area (Å²) in [5.74, 6) is 0.0491. The summed E-state index contributed by atoms with van der Waals surface area (Å²) in [7, 11) is 1.31. The first-order valence-electron chi connectivity index (χ1n) is 7.91. The lowest BCUT2D eigenvalue weighted by Gasteiger charge is -2.25. The van der Waals surface area contributed by atoms with E-state index in [1.54, 1.807) is 18.2 Å². The van der Waals surface area contributed by atoms with Gasteiger partial charge in [-0.25, -0.2) is 4.79 Å². The molecular formula is C18H14N2O5S. The molecule has 1 aliphatic rings. The quantitative estimate of drug-likeness (QED) is 0.515. The van der Waals surface area contributed by atoms with Gasteiger partial charge in [-0.1, -0.05) is 12.1 Å². The molecule has 1 atom stereocenters. The molecule has 0 amide bonds. The number of nitrogens with zero attached hydrogens (tertiary/aromatic N) is 2. The van der Waals surface area contributed by atoms with Gasteiger partial charge in [0.1, 0.15) is 22.5 Å². The molecule has 132 valence electrons. The van der Waals surface area contributed by atoms with Gasteiger partial charge in [0.2, 0.25) is 0 Å². The van der Waals surface area contributed by atoms with Gasteiger partial charge in [0.05, 0.1) is 25.3 Å². The Morgan fingerprint density at radius 1 is 1.31 bits per heavy atom. The molecular weight excluding hydrogens is 356 g/mol. The number of hydrogen-bond acceptors (Lipinski definition) is 8. The zero-order valence-electron chi connectivity index (χ0n) is 13.8. The lowest BCUT2D eigenvalue weighted by atomic mass is 9.85. The SMILES string of the molecule is COC(=O)COc1cccc([C@H]2CC(=O)Oc3ccc4nsnc4c32)c1. The zero-order valence-corrected chi connectivity index (χ0v) is 14.6. The maximum atomic E-state index is 12.1. The third-order valence-electron chi connectivity index (χ3n) is 4.21. The van der Waals surface area contributed by atoms with E-state index in [-0.39, 0.29) is 24.9 Å². The summed E-state index contributed by atoms with van der Waals surface area (Å²) in [5, 5.41) is 0. The molecule has 0 radical (unpaired) electrons. The fraction of sp³-hybridized carbons (Fsp3) is 0.222. The van der Waals surface area contributed by atoms with Crippen molar-refractivity contribution in [3.05, 3.63) is 47.5 Å². The highest BCUT2D eigenvalue weighted by molar-refractivity contribution is 7.00. The second kappa shape index (κ2) is 6.72. The van der Waals surface area contributed by atoms with Crippen molar-refractivity contribution in [3.63, 3.8) is 0 Å². The van der Waals surface area contributed by atoms with Crippen LogP contribution in [0.3, 0.4) is 0 Å². The molecule has 8 heteroatoms. The fourth-order valence-electron chi connectivity index (χ4n) is 3.02. The lowest BCUT2D eigenvalue weighted by Crippen LogP contribution is -2.21. The third-order valence-corrected chi connectivity index (χ3v) is 4.76. The average Bonchev–Trinajstić information content (AvgIpc) is 3.14. The summed E-state index contributed by atoms with van der Waals surface area (Å²) in [6.45, 7) is -0.177. The molecule has 3 aromatic rings. The first-order chi connectivity index (χ1) is 12.7. The predicted molar refractivity (Wildman–Crippen MR) is 93.5 cm³/mol. The van der Waals surface area contributed by atoms with E-state index < -0.39 is 5.97 Å². The third kappa shape index (κ3) is 2.99. The van der Waals surface area contributed by atoms with Crippen LogP contribution in [0.4, 0.5) is 0 Å². The summed E-state index contributed by atoms with van der Waals surface area (Å²) in [5.41, 5.74) is 3.24. The summed E-state index contributed by atoms with van der Waals surface area (Å²) in [6, 6.07) is 10.8. The van der Waals surface area contributed by atoms with Crippen LogP contribution in [0.25, 0.3) is 11.0 Å². The van der Waals surface area contributed by atoms with E-state index in [2.05, 4.69) is 13.5 Å². The molecule has 1 aliphatic heterocycles. The van der Waals surface area contributed by atoms with Crippen LogP contribution in [0.5, 0.6) is 11.5 Å². The Balaban J connectivity index is 1.73. The number of ether oxygens (including phenoxy) is 3. The van der Waals surface area contributed by atoms with E-state index in [0.29, 0.717) is 11.5 Å². The Kier molecular flexibility index (Phi) is 4.26. The number of benzene rings is 2. The molecule has 0 bridgehead atoms. The molecule has 0 saturated heterocycles. The maximum Gasteiger partial charge on any atom is 0.343 e. The topological polar surface area (TPSA) is 87.6 Å². The van der Waals surface area contributed by atoms with Crippen molar-refractivity contribution in [3.8, 4) is 11.5 Å². The van der Waals surface area contributed by atoms with Crippen molar-refractivity contribution in [1.82, 2.24) is 8.75 Å². The first kappa shape index (κ1) is 16.5. The summed E-state index contributed by atoms with van der Waals surface area (Å²) >= 11 is 1.12. The van der Waals surface area contributed by atoms with Crippen molar-refractivity contribution in [2.24, 2.45) is 0 Å². The molecule has 1 aromatic heterocycles. The number of esters is 2. The van der Waals surface area contributed by atoms with Crippen LogP contribution in [0.15, 0.2) is 36.4 Å². The summed E-state index contributed by atoms with van der Waals surface area (Å²) in [6.07, 6.45) is 0.199. The smallest absolute Gasteiger partial charge is 0.343 e. The number of rotatable bonds is 4. The van der Waals surface area contributed by atoms with Crippen molar-refractivity contribution in [2.75, 3.05) is 13.7 Å². The molecule has 2 heterocycles. The molecule has 0 fully saturated rings. The largest absolute Gasteiger partial charge is 0.482 e. The van der Waals surface area contributed by atoms with Gasteiger partial charge in [0.15, 0.2) is 6.61 Å². The van der Waals surface area contributed by atoms with E-state index in [4.69, 9.17) is 9.47 Å². The van der Waals surface area contributed by atoms with Gasteiger partial charge in [0, 0.05) is 11.5 Å². The monoisotopic (exact) mass is 370 g/mol. The zero-order chi connectivity index (χ0) is 18.1. The Morgan fingerprint density at radius 3 is 3.04 bits per heavy atom. The van der Waals surface area contributed by atoms with E-state index in [0.717, 1.165) is 33.9 Å². The van der Waals surface area contributed by atoms with Crippen LogP contribution in [0.2, 0.25) is 0 Å². The van der Waals surface area contributed by atoms with E-state index in [1.165, 1.54) is 7.11 Å². The maximum absolute atomic E-state index is 12.1. The van der Waals surface area contributed by atoms with E-state index in [1.807, 2.05) is 18.2 Å². The highest BCUT2D eigenvalue weighted by Crippen LogP contribution is 2.42. The van der Waals surface area contributed by atoms with Gasteiger partial charge in [0.25, 0.3) is 0 Å². The van der Waals surface area contributed by atoms with Crippen LogP contribution in [-0.2, 0) is 14.3 Å². The van der Waals surface area contributed by atoms with Crippen molar-refractivity contribution < 1.29 is 23.8 Å². The minimum atomic E-state index is -0.461. The molecule has 0 aliphatic carbocycles. The number of carbonyl (C=O) groups excluding carboxylic acids is 2. The summed E-state index contributed by atoms with van der Waals surface area (Å²) in [4.78, 5) is 23.3. The second-order valence-corrected chi connectivity index (χ2v) is 6.31. The van der Waals surface area contributed by atoms with Crippen molar-refractivity contribution in [1.29, 1.82) is 0 Å². The average molecular weight is 370 g/mol. The lowest BCUT2D eigenvalue weighted by molar-refractivity contribution is -0.143. The second-order valence-electron chi connectivity index (χ2n) is 5.78. The fourth-order valence-corrected chi connectivity index (χ4v) is 3.57. The van der Waals surface area contributed by atoms with Gasteiger partial charge in [-0.15, -0.1) is 0 Å². The number of carbonyl (C=O) groups is 2. The molecule has 0 unspecified atom stereocenters. The molecule has 26 heavy (non-hydrogen) atoms. The molecule has 0 saturated carbocycles. The Labute approximate surface area is 152 Å². The predicted octanol–water partition coefficient (Wildman–Crippen LogP) is 2.68. The van der Waals surface area contributed by atoms with Gasteiger partial charge >= 0.3 is 11.9 Å². The highest BCUT2D eigenvalue weighted by Gasteiger charge is 2.31. The van der Waals surface area contributed by atoms with Crippen LogP contribution >= 0.6 is 11.7 Å². The minimum absolute atomic E-state index is 0.177. The molecule has 0 spiro atoms. The Bertz CT molecular complexity index is 1000. The standard InChI is InChI=1S/C18H14N2O5S/c1-23-16(22)9-24-11-4-2-3-10(7-11)12-8-15(21)25-14-6-5-13-18(17(12)14)20-26-19-13/h2-7,12H,8-9H2,1H3/t12-/m1/s1. The van der Waals surface area contributed by atoms with Crippen LogP contribution in [0.1, 0.15) is 23.5 Å². The number of fused-ring (bicyclic) bond motifs is 3. The molecule has 0 N–H and O–H groups in total. The van der Waals surface area contributed by atoms with Crippen LogP contribution < -0.4 is 9.47 Å². The molecule has 2 aromatic carbocycles. The van der Waals surface area contributed by atoms with Gasteiger partial charge in [-0.05, 0) is 29.8 Å². The van der Waals surface area contributed by atoms with Gasteiger partial charge in [-0.3, -0.25) is 4.79 Å². The van der Waals surface area contributed by atoms with Gasteiger partial charge < -0.3 is 14.2 Å². The number of aromatic nitrogens is 2. The van der Waals surface area contributed by atoms with Crippen molar-refractivity contribution in [2.45, 2.75) is 12.3 Å². The van der Waals surface area contributed by atoms with Gasteiger partial charge in [-0.2, -0.15) is 8.75 Å². The number of methoxy groups -OCH3 is 1. The first-order valence-corrected chi connectivity index (χ1v) is 8.64. The van der Waals surface area contributed by atoms with Crippen molar-refractivity contribution >= 4 is 34.7 Å².